The first-order chi connectivity index (χ1) is 10.1. The Kier molecular flexibility index (Phi) is 4.27. The van der Waals surface area contributed by atoms with E-state index in [1.807, 2.05) is 23.5 Å². The summed E-state index contributed by atoms with van der Waals surface area (Å²) in [6.45, 7) is 4.70. The highest BCUT2D eigenvalue weighted by atomic mass is 32.2. The zero-order valence-electron chi connectivity index (χ0n) is 12.8. The van der Waals surface area contributed by atoms with Crippen molar-refractivity contribution in [3.05, 3.63) is 34.7 Å². The highest BCUT2D eigenvalue weighted by molar-refractivity contribution is 8.00. The van der Waals surface area contributed by atoms with E-state index in [-0.39, 0.29) is 0 Å². The van der Waals surface area contributed by atoms with Crippen molar-refractivity contribution < 1.29 is 4.74 Å². The second-order valence-corrected chi connectivity index (χ2v) is 8.79. The molecular weight excluding hydrogens is 298 g/mol. The third kappa shape index (κ3) is 3.43. The lowest BCUT2D eigenvalue weighted by Gasteiger charge is -2.33. The van der Waals surface area contributed by atoms with Gasteiger partial charge in [-0.05, 0) is 42.9 Å². The summed E-state index contributed by atoms with van der Waals surface area (Å²) in [6, 6.07) is 8.15. The first-order valence-corrected chi connectivity index (χ1v) is 9.18. The largest absolute Gasteiger partial charge is 0.497 e. The summed E-state index contributed by atoms with van der Waals surface area (Å²) in [7, 11) is 1.69. The molecule has 2 nitrogen and oxygen atoms in total. The molecule has 1 fully saturated rings. The Labute approximate surface area is 134 Å². The van der Waals surface area contributed by atoms with Gasteiger partial charge in [0.05, 0.1) is 17.8 Å². The van der Waals surface area contributed by atoms with Gasteiger partial charge in [0.1, 0.15) is 5.75 Å². The average molecular weight is 319 g/mol. The molecule has 0 bridgehead atoms. The number of methoxy groups -OCH3 is 1. The van der Waals surface area contributed by atoms with Gasteiger partial charge in [0.2, 0.25) is 0 Å². The van der Waals surface area contributed by atoms with Gasteiger partial charge in [-0.3, -0.25) is 0 Å². The summed E-state index contributed by atoms with van der Waals surface area (Å²) in [6.07, 6.45) is 2.48. The first-order valence-electron chi connectivity index (χ1n) is 7.31. The Hall–Kier alpha value is -1.00. The number of thiazole rings is 1. The number of aromatic nitrogens is 1. The maximum Gasteiger partial charge on any atom is 0.118 e. The van der Waals surface area contributed by atoms with E-state index < -0.39 is 0 Å². The van der Waals surface area contributed by atoms with Crippen molar-refractivity contribution in [3.63, 3.8) is 0 Å². The van der Waals surface area contributed by atoms with E-state index in [0.29, 0.717) is 10.7 Å². The lowest BCUT2D eigenvalue weighted by atomic mass is 9.94. The minimum absolute atomic E-state index is 0.384. The van der Waals surface area contributed by atoms with Crippen LogP contribution < -0.4 is 4.74 Å². The van der Waals surface area contributed by atoms with Crippen LogP contribution in [0.25, 0.3) is 11.3 Å². The molecule has 0 aliphatic carbocycles. The molecule has 1 atom stereocenters. The number of hydrogen-bond donors (Lipinski definition) is 0. The predicted molar refractivity (Wildman–Crippen MR) is 92.6 cm³/mol. The Morgan fingerprint density at radius 3 is 2.67 bits per heavy atom. The average Bonchev–Trinajstić information content (AvgIpc) is 2.96. The molecule has 2 heterocycles. The van der Waals surface area contributed by atoms with E-state index in [1.165, 1.54) is 29.2 Å². The Morgan fingerprint density at radius 2 is 2.00 bits per heavy atom. The highest BCUT2D eigenvalue weighted by Crippen LogP contribution is 2.44. The van der Waals surface area contributed by atoms with Crippen LogP contribution in [0.2, 0.25) is 0 Å². The van der Waals surface area contributed by atoms with Crippen molar-refractivity contribution in [2.24, 2.45) is 0 Å². The molecule has 1 saturated heterocycles. The summed E-state index contributed by atoms with van der Waals surface area (Å²) in [5.74, 6) is 2.76. The molecule has 1 aromatic carbocycles. The van der Waals surface area contributed by atoms with Gasteiger partial charge in [0.25, 0.3) is 0 Å². The van der Waals surface area contributed by atoms with Gasteiger partial charge in [-0.2, -0.15) is 11.8 Å². The van der Waals surface area contributed by atoms with Crippen molar-refractivity contribution in [1.82, 2.24) is 4.98 Å². The van der Waals surface area contributed by atoms with E-state index in [2.05, 4.69) is 43.1 Å². The maximum absolute atomic E-state index is 5.21. The Balaban J connectivity index is 1.79. The fourth-order valence-corrected chi connectivity index (χ4v) is 5.05. The topological polar surface area (TPSA) is 22.1 Å². The molecule has 112 valence electrons. The SMILES string of the molecule is COc1ccc(-c2csc([C@H]3CCSC(C)(C)C3)n2)cc1. The minimum Gasteiger partial charge on any atom is -0.497 e. The van der Waals surface area contributed by atoms with Crippen LogP contribution in [0.4, 0.5) is 0 Å². The molecule has 1 aromatic heterocycles. The molecule has 3 rings (SSSR count). The first kappa shape index (κ1) is 14.9. The number of hydrogen-bond acceptors (Lipinski definition) is 4. The van der Waals surface area contributed by atoms with Gasteiger partial charge in [-0.25, -0.2) is 4.98 Å². The lowest BCUT2D eigenvalue weighted by molar-refractivity contribution is 0.415. The molecule has 1 aliphatic heterocycles. The van der Waals surface area contributed by atoms with Gasteiger partial charge in [0, 0.05) is 21.6 Å². The van der Waals surface area contributed by atoms with Crippen LogP contribution in [-0.2, 0) is 0 Å². The zero-order chi connectivity index (χ0) is 14.9. The number of rotatable bonds is 3. The van der Waals surface area contributed by atoms with E-state index in [1.54, 1.807) is 7.11 Å². The van der Waals surface area contributed by atoms with Crippen LogP contribution in [0.1, 0.15) is 37.6 Å². The highest BCUT2D eigenvalue weighted by Gasteiger charge is 2.31. The van der Waals surface area contributed by atoms with E-state index >= 15 is 0 Å². The Morgan fingerprint density at radius 1 is 1.24 bits per heavy atom. The quantitative estimate of drug-likeness (QED) is 0.775. The van der Waals surface area contributed by atoms with Gasteiger partial charge < -0.3 is 4.74 Å². The zero-order valence-corrected chi connectivity index (χ0v) is 14.4. The van der Waals surface area contributed by atoms with Crippen LogP contribution in [0, 0.1) is 0 Å². The van der Waals surface area contributed by atoms with Crippen LogP contribution in [0.15, 0.2) is 29.6 Å². The Bertz CT molecular complexity index is 604. The lowest BCUT2D eigenvalue weighted by Crippen LogP contribution is -2.24. The summed E-state index contributed by atoms with van der Waals surface area (Å²) < 4.78 is 5.59. The van der Waals surface area contributed by atoms with E-state index in [0.717, 1.165) is 11.4 Å². The summed E-state index contributed by atoms with van der Waals surface area (Å²) >= 11 is 3.90. The molecule has 0 spiro atoms. The van der Waals surface area contributed by atoms with Gasteiger partial charge in [-0.15, -0.1) is 11.3 Å². The normalized spacial score (nSPS) is 21.2. The fourth-order valence-electron chi connectivity index (χ4n) is 2.81. The second-order valence-electron chi connectivity index (χ2n) is 6.10. The molecule has 0 N–H and O–H groups in total. The number of nitrogens with zero attached hydrogens (tertiary/aromatic N) is 1. The maximum atomic E-state index is 5.21. The predicted octanol–water partition coefficient (Wildman–Crippen LogP) is 5.21. The van der Waals surface area contributed by atoms with Crippen molar-refractivity contribution in [2.45, 2.75) is 37.4 Å². The standard InChI is InChI=1S/C17H21NOS2/c1-17(2)10-13(8-9-21-17)16-18-15(11-20-16)12-4-6-14(19-3)7-5-12/h4-7,11,13H,8-10H2,1-3H3/t13-/m0/s1. The van der Waals surface area contributed by atoms with Gasteiger partial charge in [-0.1, -0.05) is 13.8 Å². The van der Waals surface area contributed by atoms with E-state index in [4.69, 9.17) is 9.72 Å². The summed E-state index contributed by atoms with van der Waals surface area (Å²) in [4.78, 5) is 4.89. The molecule has 0 saturated carbocycles. The third-order valence-electron chi connectivity index (χ3n) is 3.95. The number of ether oxygens (including phenoxy) is 1. The smallest absolute Gasteiger partial charge is 0.118 e. The van der Waals surface area contributed by atoms with Crippen LogP contribution in [0.3, 0.4) is 0 Å². The van der Waals surface area contributed by atoms with Crippen molar-refractivity contribution in [3.8, 4) is 17.0 Å². The van der Waals surface area contributed by atoms with E-state index in [9.17, 15) is 0 Å². The molecule has 0 unspecified atom stereocenters. The number of benzene rings is 1. The second kappa shape index (κ2) is 6.01. The van der Waals surface area contributed by atoms with Crippen molar-refractivity contribution in [2.75, 3.05) is 12.9 Å². The van der Waals surface area contributed by atoms with Gasteiger partial charge >= 0.3 is 0 Å². The molecule has 1 aliphatic rings. The molecule has 0 amide bonds. The van der Waals surface area contributed by atoms with Crippen molar-refractivity contribution in [1.29, 1.82) is 0 Å². The third-order valence-corrected chi connectivity index (χ3v) is 6.35. The molecule has 4 heteroatoms. The summed E-state index contributed by atoms with van der Waals surface area (Å²) in [5, 5.41) is 3.49. The van der Waals surface area contributed by atoms with Crippen molar-refractivity contribution >= 4 is 23.1 Å². The molecular formula is C17H21NOS2. The monoisotopic (exact) mass is 319 g/mol. The molecule has 0 radical (unpaired) electrons. The fraction of sp³-hybridized carbons (Fsp3) is 0.471. The number of thioether (sulfide) groups is 1. The minimum atomic E-state index is 0.384. The molecule has 21 heavy (non-hydrogen) atoms. The van der Waals surface area contributed by atoms with Crippen LogP contribution in [0.5, 0.6) is 5.75 Å². The van der Waals surface area contributed by atoms with Crippen LogP contribution in [-0.4, -0.2) is 22.6 Å². The molecule has 2 aromatic rings. The van der Waals surface area contributed by atoms with Crippen LogP contribution >= 0.6 is 23.1 Å². The summed E-state index contributed by atoms with van der Waals surface area (Å²) in [5.41, 5.74) is 2.26. The van der Waals surface area contributed by atoms with Gasteiger partial charge in [0.15, 0.2) is 0 Å².